The number of aryl methyl sites for hydroxylation is 1. The molecule has 0 amide bonds. The summed E-state index contributed by atoms with van der Waals surface area (Å²) in [5.74, 6) is 0.825. The van der Waals surface area contributed by atoms with Crippen molar-refractivity contribution in [3.05, 3.63) is 34.0 Å². The van der Waals surface area contributed by atoms with E-state index >= 15 is 0 Å². The zero-order valence-electron chi connectivity index (χ0n) is 7.93. The maximum Gasteiger partial charge on any atom is 0.163 e. The Labute approximate surface area is 90.0 Å². The van der Waals surface area contributed by atoms with Gasteiger partial charge < -0.3 is 4.42 Å². The number of carbonyl (C=O) groups is 1. The number of hydrogen-bond acceptors (Lipinski definition) is 2. The maximum atomic E-state index is 11.3. The van der Waals surface area contributed by atoms with E-state index in [1.807, 2.05) is 19.1 Å². The van der Waals surface area contributed by atoms with Crippen LogP contribution in [0.4, 0.5) is 0 Å². The molecule has 0 fully saturated rings. The molecule has 3 heteroatoms. The fourth-order valence-corrected chi connectivity index (χ4v) is 1.88. The molecule has 0 bridgehead atoms. The van der Waals surface area contributed by atoms with Crippen molar-refractivity contribution in [2.45, 2.75) is 13.8 Å². The maximum absolute atomic E-state index is 11.3. The second-order valence-electron chi connectivity index (χ2n) is 3.21. The van der Waals surface area contributed by atoms with Crippen molar-refractivity contribution >= 4 is 32.7 Å². The first-order chi connectivity index (χ1) is 6.61. The summed E-state index contributed by atoms with van der Waals surface area (Å²) >= 11 is 3.43. The number of Topliss-reactive ketones (excluding diaryl/α,β-unsaturated/α-hetero) is 1. The van der Waals surface area contributed by atoms with Crippen LogP contribution in [0.25, 0.3) is 11.0 Å². The molecule has 72 valence electrons. The first-order valence-corrected chi connectivity index (χ1v) is 5.09. The van der Waals surface area contributed by atoms with Gasteiger partial charge in [-0.05, 0) is 41.9 Å². The fourth-order valence-electron chi connectivity index (χ4n) is 1.48. The third kappa shape index (κ3) is 1.28. The first kappa shape index (κ1) is 9.46. The number of furan rings is 1. The standard InChI is InChI=1S/C11H9BrO2/c1-6(13)8-4-3-5-9-10(12)7(2)14-11(8)9/h3-5H,1-2H3. The number of fused-ring (bicyclic) bond motifs is 1. The van der Waals surface area contributed by atoms with E-state index in [1.165, 1.54) is 0 Å². The average molecular weight is 253 g/mol. The summed E-state index contributed by atoms with van der Waals surface area (Å²) in [7, 11) is 0. The fraction of sp³-hybridized carbons (Fsp3) is 0.182. The molecule has 1 aromatic carbocycles. The van der Waals surface area contributed by atoms with E-state index in [-0.39, 0.29) is 5.78 Å². The Morgan fingerprint density at radius 1 is 1.43 bits per heavy atom. The first-order valence-electron chi connectivity index (χ1n) is 4.30. The number of para-hydroxylation sites is 1. The molecule has 0 radical (unpaired) electrons. The molecule has 14 heavy (non-hydrogen) atoms. The van der Waals surface area contributed by atoms with Crippen molar-refractivity contribution in [3.63, 3.8) is 0 Å². The van der Waals surface area contributed by atoms with Gasteiger partial charge in [-0.25, -0.2) is 0 Å². The van der Waals surface area contributed by atoms with Crippen molar-refractivity contribution in [2.24, 2.45) is 0 Å². The van der Waals surface area contributed by atoms with Crippen LogP contribution in [0.15, 0.2) is 27.1 Å². The average Bonchev–Trinajstić information content (AvgIpc) is 2.43. The number of benzene rings is 1. The number of carbonyl (C=O) groups excluding carboxylic acids is 1. The number of hydrogen-bond donors (Lipinski definition) is 0. The third-order valence-corrected chi connectivity index (χ3v) is 3.18. The lowest BCUT2D eigenvalue weighted by Gasteiger charge is -1.95. The molecule has 0 aliphatic carbocycles. The third-order valence-electron chi connectivity index (χ3n) is 2.20. The summed E-state index contributed by atoms with van der Waals surface area (Å²) < 4.78 is 6.45. The van der Waals surface area contributed by atoms with Gasteiger partial charge in [0.25, 0.3) is 0 Å². The van der Waals surface area contributed by atoms with Gasteiger partial charge in [0, 0.05) is 5.39 Å². The van der Waals surface area contributed by atoms with Gasteiger partial charge in [0.1, 0.15) is 11.3 Å². The predicted molar refractivity (Wildman–Crippen MR) is 58.7 cm³/mol. The van der Waals surface area contributed by atoms with Crippen LogP contribution in [-0.2, 0) is 0 Å². The smallest absolute Gasteiger partial charge is 0.163 e. The largest absolute Gasteiger partial charge is 0.459 e. The molecule has 0 spiro atoms. The van der Waals surface area contributed by atoms with Crippen LogP contribution >= 0.6 is 15.9 Å². The van der Waals surface area contributed by atoms with E-state index in [2.05, 4.69) is 15.9 Å². The van der Waals surface area contributed by atoms with Gasteiger partial charge >= 0.3 is 0 Å². The Hall–Kier alpha value is -1.09. The Balaban J connectivity index is 2.88. The highest BCUT2D eigenvalue weighted by molar-refractivity contribution is 9.10. The van der Waals surface area contributed by atoms with Gasteiger partial charge in [-0.15, -0.1) is 0 Å². The van der Waals surface area contributed by atoms with E-state index in [1.54, 1.807) is 13.0 Å². The molecule has 0 saturated heterocycles. The highest BCUT2D eigenvalue weighted by atomic mass is 79.9. The van der Waals surface area contributed by atoms with Crippen LogP contribution in [0.2, 0.25) is 0 Å². The normalized spacial score (nSPS) is 10.8. The van der Waals surface area contributed by atoms with Crippen LogP contribution in [-0.4, -0.2) is 5.78 Å². The summed E-state index contributed by atoms with van der Waals surface area (Å²) in [6, 6.07) is 5.57. The molecule has 0 N–H and O–H groups in total. The van der Waals surface area contributed by atoms with Crippen molar-refractivity contribution in [3.8, 4) is 0 Å². The van der Waals surface area contributed by atoms with E-state index in [9.17, 15) is 4.79 Å². The van der Waals surface area contributed by atoms with E-state index < -0.39 is 0 Å². The van der Waals surface area contributed by atoms with E-state index in [0.717, 1.165) is 15.6 Å². The topological polar surface area (TPSA) is 30.2 Å². The molecular weight excluding hydrogens is 244 g/mol. The Morgan fingerprint density at radius 3 is 2.79 bits per heavy atom. The van der Waals surface area contributed by atoms with Gasteiger partial charge in [0.05, 0.1) is 10.0 Å². The molecule has 0 saturated carbocycles. The van der Waals surface area contributed by atoms with Gasteiger partial charge in [-0.3, -0.25) is 4.79 Å². The van der Waals surface area contributed by atoms with Crippen LogP contribution < -0.4 is 0 Å². The molecule has 2 nitrogen and oxygen atoms in total. The van der Waals surface area contributed by atoms with E-state index in [4.69, 9.17) is 4.42 Å². The lowest BCUT2D eigenvalue weighted by Crippen LogP contribution is -1.91. The minimum atomic E-state index is 0.0249. The Morgan fingerprint density at radius 2 is 2.14 bits per heavy atom. The van der Waals surface area contributed by atoms with Crippen molar-refractivity contribution in [1.29, 1.82) is 0 Å². The molecule has 0 aliphatic rings. The minimum Gasteiger partial charge on any atom is -0.459 e. The van der Waals surface area contributed by atoms with Crippen molar-refractivity contribution < 1.29 is 9.21 Å². The summed E-state index contributed by atoms with van der Waals surface area (Å²) in [4.78, 5) is 11.3. The number of ketones is 1. The minimum absolute atomic E-state index is 0.0249. The summed E-state index contributed by atoms with van der Waals surface area (Å²) in [6.45, 7) is 3.41. The highest BCUT2D eigenvalue weighted by Crippen LogP contribution is 2.32. The molecule has 0 aliphatic heterocycles. The summed E-state index contributed by atoms with van der Waals surface area (Å²) in [6.07, 6.45) is 0. The van der Waals surface area contributed by atoms with Gasteiger partial charge in [0.2, 0.25) is 0 Å². The van der Waals surface area contributed by atoms with Gasteiger partial charge in [-0.1, -0.05) is 6.07 Å². The second kappa shape index (κ2) is 3.24. The van der Waals surface area contributed by atoms with E-state index in [0.29, 0.717) is 11.1 Å². The van der Waals surface area contributed by atoms with Crippen molar-refractivity contribution in [2.75, 3.05) is 0 Å². The van der Waals surface area contributed by atoms with Crippen LogP contribution in [0, 0.1) is 6.92 Å². The molecule has 1 aromatic heterocycles. The van der Waals surface area contributed by atoms with Crippen LogP contribution in [0.1, 0.15) is 23.0 Å². The second-order valence-corrected chi connectivity index (χ2v) is 4.00. The molecule has 1 heterocycles. The predicted octanol–water partition coefficient (Wildman–Crippen LogP) is 3.71. The quantitative estimate of drug-likeness (QED) is 0.725. The molecule has 2 rings (SSSR count). The summed E-state index contributed by atoms with van der Waals surface area (Å²) in [5.41, 5.74) is 1.31. The summed E-state index contributed by atoms with van der Waals surface area (Å²) in [5, 5.41) is 0.954. The SMILES string of the molecule is CC(=O)c1cccc2c(Br)c(C)oc12. The molecule has 0 unspecified atom stereocenters. The number of halogens is 1. The zero-order valence-corrected chi connectivity index (χ0v) is 9.51. The van der Waals surface area contributed by atoms with Gasteiger partial charge in [-0.2, -0.15) is 0 Å². The van der Waals surface area contributed by atoms with Crippen LogP contribution in [0.5, 0.6) is 0 Å². The number of rotatable bonds is 1. The zero-order chi connectivity index (χ0) is 10.3. The van der Waals surface area contributed by atoms with Crippen molar-refractivity contribution in [1.82, 2.24) is 0 Å². The Bertz CT molecular complexity index is 511. The highest BCUT2D eigenvalue weighted by Gasteiger charge is 2.13. The van der Waals surface area contributed by atoms with Gasteiger partial charge in [0.15, 0.2) is 5.78 Å². The lowest BCUT2D eigenvalue weighted by atomic mass is 10.1. The van der Waals surface area contributed by atoms with Crippen LogP contribution in [0.3, 0.4) is 0 Å². The monoisotopic (exact) mass is 252 g/mol. The molecule has 2 aromatic rings. The lowest BCUT2D eigenvalue weighted by molar-refractivity contribution is 0.101. The Kier molecular flexibility index (Phi) is 2.19. The molecular formula is C11H9BrO2. The molecule has 0 atom stereocenters.